The minimum atomic E-state index is -0.462. The predicted molar refractivity (Wildman–Crippen MR) is 97.1 cm³/mol. The van der Waals surface area contributed by atoms with E-state index >= 15 is 0 Å². The number of rotatable bonds is 10. The fourth-order valence-electron chi connectivity index (χ4n) is 3.02. The van der Waals surface area contributed by atoms with Gasteiger partial charge in [0, 0.05) is 32.8 Å². The fraction of sp³-hybridized carbons (Fsp3) is 0.700. The Hall–Kier alpha value is -0.940. The van der Waals surface area contributed by atoms with Crippen molar-refractivity contribution in [1.82, 2.24) is 4.90 Å². The Morgan fingerprint density at radius 1 is 1.25 bits per heavy atom. The molecule has 2 atom stereocenters. The minimum Gasteiger partial charge on any atom is -0.389 e. The highest BCUT2D eigenvalue weighted by Crippen LogP contribution is 2.16. The van der Waals surface area contributed by atoms with Gasteiger partial charge < -0.3 is 14.6 Å². The van der Waals surface area contributed by atoms with Gasteiger partial charge >= 0.3 is 0 Å². The maximum atomic E-state index is 10.3. The van der Waals surface area contributed by atoms with Crippen molar-refractivity contribution in [2.24, 2.45) is 5.92 Å². The van der Waals surface area contributed by atoms with Crippen LogP contribution < -0.4 is 0 Å². The molecule has 1 heterocycles. The first kappa shape index (κ1) is 19.4. The molecule has 0 spiro atoms. The second kappa shape index (κ2) is 10.1. The van der Waals surface area contributed by atoms with E-state index < -0.39 is 6.10 Å². The summed E-state index contributed by atoms with van der Waals surface area (Å²) < 4.78 is 11.4. The van der Waals surface area contributed by atoms with Crippen molar-refractivity contribution in [3.63, 3.8) is 0 Å². The van der Waals surface area contributed by atoms with Gasteiger partial charge in [-0.05, 0) is 31.2 Å². The van der Waals surface area contributed by atoms with Crippen LogP contribution in [0.4, 0.5) is 0 Å². The first-order chi connectivity index (χ1) is 11.5. The van der Waals surface area contributed by atoms with Gasteiger partial charge in [-0.3, -0.25) is 4.90 Å². The number of aliphatic hydroxyl groups excluding tert-OH is 1. The van der Waals surface area contributed by atoms with Crippen LogP contribution in [0.3, 0.4) is 0 Å². The smallest absolute Gasteiger partial charge is 0.0900 e. The summed E-state index contributed by atoms with van der Waals surface area (Å²) in [6, 6.07) is 8.61. The average Bonchev–Trinajstić information content (AvgIpc) is 3.02. The lowest BCUT2D eigenvalue weighted by molar-refractivity contribution is -0.00390. The van der Waals surface area contributed by atoms with Crippen LogP contribution >= 0.6 is 0 Å². The molecule has 0 saturated carbocycles. The van der Waals surface area contributed by atoms with E-state index in [1.807, 2.05) is 0 Å². The van der Waals surface area contributed by atoms with Gasteiger partial charge in [0.2, 0.25) is 0 Å². The van der Waals surface area contributed by atoms with Crippen molar-refractivity contribution in [3.05, 3.63) is 35.4 Å². The largest absolute Gasteiger partial charge is 0.389 e. The Labute approximate surface area is 146 Å². The highest BCUT2D eigenvalue weighted by Gasteiger charge is 2.21. The second-order valence-corrected chi connectivity index (χ2v) is 7.40. The van der Waals surface area contributed by atoms with Gasteiger partial charge in [0.05, 0.1) is 18.8 Å². The zero-order chi connectivity index (χ0) is 17.4. The quantitative estimate of drug-likeness (QED) is 0.714. The van der Waals surface area contributed by atoms with Crippen LogP contribution in [0.15, 0.2) is 24.3 Å². The molecule has 1 aliphatic rings. The molecule has 1 N–H and O–H groups in total. The van der Waals surface area contributed by atoms with Crippen LogP contribution in [0.2, 0.25) is 0 Å². The van der Waals surface area contributed by atoms with E-state index in [0.717, 1.165) is 32.5 Å². The van der Waals surface area contributed by atoms with Crippen molar-refractivity contribution in [3.8, 4) is 0 Å². The summed E-state index contributed by atoms with van der Waals surface area (Å²) in [5.41, 5.74) is 2.54. The highest BCUT2D eigenvalue weighted by molar-refractivity contribution is 5.21. The summed E-state index contributed by atoms with van der Waals surface area (Å²) in [7, 11) is 0. The summed E-state index contributed by atoms with van der Waals surface area (Å²) in [6.45, 7) is 10.6. The van der Waals surface area contributed by atoms with E-state index in [9.17, 15) is 5.11 Å². The Kier molecular flexibility index (Phi) is 8.19. The number of nitrogens with zero attached hydrogens (tertiary/aromatic N) is 1. The van der Waals surface area contributed by atoms with E-state index in [0.29, 0.717) is 31.8 Å². The van der Waals surface area contributed by atoms with Crippen LogP contribution in [0, 0.1) is 12.8 Å². The third-order valence-electron chi connectivity index (χ3n) is 4.24. The maximum absolute atomic E-state index is 10.3. The van der Waals surface area contributed by atoms with Crippen molar-refractivity contribution >= 4 is 0 Å². The lowest BCUT2D eigenvalue weighted by Gasteiger charge is -2.27. The monoisotopic (exact) mass is 335 g/mol. The van der Waals surface area contributed by atoms with Gasteiger partial charge in [0.25, 0.3) is 0 Å². The molecule has 0 radical (unpaired) electrons. The number of benzene rings is 1. The first-order valence-corrected chi connectivity index (χ1v) is 9.18. The van der Waals surface area contributed by atoms with Gasteiger partial charge in [-0.1, -0.05) is 43.7 Å². The van der Waals surface area contributed by atoms with Crippen LogP contribution in [0.25, 0.3) is 0 Å². The van der Waals surface area contributed by atoms with Crippen molar-refractivity contribution < 1.29 is 14.6 Å². The third kappa shape index (κ3) is 7.31. The molecule has 0 bridgehead atoms. The molecule has 1 aromatic rings. The molecular formula is C20H33NO3. The topological polar surface area (TPSA) is 41.9 Å². The standard InChI is InChI=1S/C20H33NO3/c1-16(2)14-23-15-19(22)12-21(13-20-5-4-10-24-20)11-18-8-6-17(3)7-9-18/h6-9,16,19-20,22H,4-5,10-15H2,1-3H3/t19-,20-/m1/s1. The summed E-state index contributed by atoms with van der Waals surface area (Å²) in [6.07, 6.45) is 2.09. The minimum absolute atomic E-state index is 0.291. The van der Waals surface area contributed by atoms with Crippen molar-refractivity contribution in [1.29, 1.82) is 0 Å². The first-order valence-electron chi connectivity index (χ1n) is 9.18. The zero-order valence-electron chi connectivity index (χ0n) is 15.4. The fourth-order valence-corrected chi connectivity index (χ4v) is 3.02. The van der Waals surface area contributed by atoms with Crippen molar-refractivity contribution in [2.45, 2.75) is 52.4 Å². The van der Waals surface area contributed by atoms with Gasteiger partial charge in [-0.15, -0.1) is 0 Å². The Bertz CT molecular complexity index is 454. The van der Waals surface area contributed by atoms with Crippen LogP contribution in [0.5, 0.6) is 0 Å². The summed E-state index contributed by atoms with van der Waals surface area (Å²) in [5.74, 6) is 0.493. The number of ether oxygens (including phenoxy) is 2. The second-order valence-electron chi connectivity index (χ2n) is 7.40. The summed E-state index contributed by atoms with van der Waals surface area (Å²) in [5, 5.41) is 10.3. The van der Waals surface area contributed by atoms with Crippen LogP contribution in [-0.4, -0.2) is 55.1 Å². The molecule has 1 aromatic carbocycles. The third-order valence-corrected chi connectivity index (χ3v) is 4.24. The molecule has 2 rings (SSSR count). The van der Waals surface area contributed by atoms with Crippen LogP contribution in [-0.2, 0) is 16.0 Å². The predicted octanol–water partition coefficient (Wildman–Crippen LogP) is 3.01. The van der Waals surface area contributed by atoms with E-state index in [1.165, 1.54) is 11.1 Å². The number of hydrogen-bond acceptors (Lipinski definition) is 4. The maximum Gasteiger partial charge on any atom is 0.0900 e. The van der Waals surface area contributed by atoms with Gasteiger partial charge in [0.15, 0.2) is 0 Å². The van der Waals surface area contributed by atoms with E-state index in [-0.39, 0.29) is 0 Å². The zero-order valence-corrected chi connectivity index (χ0v) is 15.4. The molecule has 136 valence electrons. The molecule has 1 fully saturated rings. The Balaban J connectivity index is 1.87. The molecule has 4 nitrogen and oxygen atoms in total. The molecule has 1 saturated heterocycles. The lowest BCUT2D eigenvalue weighted by Crippen LogP contribution is -2.39. The Morgan fingerprint density at radius 3 is 2.62 bits per heavy atom. The number of hydrogen-bond donors (Lipinski definition) is 1. The molecule has 1 aliphatic heterocycles. The average molecular weight is 335 g/mol. The normalized spacial score (nSPS) is 19.3. The molecule has 4 heteroatoms. The van der Waals surface area contributed by atoms with E-state index in [2.05, 4.69) is 49.9 Å². The molecule has 24 heavy (non-hydrogen) atoms. The van der Waals surface area contributed by atoms with Gasteiger partial charge in [-0.25, -0.2) is 0 Å². The van der Waals surface area contributed by atoms with Crippen molar-refractivity contribution in [2.75, 3.05) is 32.9 Å². The highest BCUT2D eigenvalue weighted by atomic mass is 16.5. The molecule has 0 unspecified atom stereocenters. The summed E-state index contributed by atoms with van der Waals surface area (Å²) >= 11 is 0. The number of aryl methyl sites for hydroxylation is 1. The lowest BCUT2D eigenvalue weighted by atomic mass is 10.1. The Morgan fingerprint density at radius 2 is 2.00 bits per heavy atom. The van der Waals surface area contributed by atoms with Gasteiger partial charge in [-0.2, -0.15) is 0 Å². The summed E-state index contributed by atoms with van der Waals surface area (Å²) in [4.78, 5) is 2.30. The number of aliphatic hydroxyl groups is 1. The van der Waals surface area contributed by atoms with E-state index in [4.69, 9.17) is 9.47 Å². The molecule has 0 aromatic heterocycles. The van der Waals surface area contributed by atoms with E-state index in [1.54, 1.807) is 0 Å². The van der Waals surface area contributed by atoms with Crippen LogP contribution in [0.1, 0.15) is 37.8 Å². The molecular weight excluding hydrogens is 302 g/mol. The SMILES string of the molecule is Cc1ccc(CN(C[C@@H](O)COCC(C)C)C[C@H]2CCCO2)cc1. The molecule has 0 aliphatic carbocycles. The van der Waals surface area contributed by atoms with Gasteiger partial charge in [0.1, 0.15) is 0 Å². The molecule has 0 amide bonds.